The van der Waals surface area contributed by atoms with Gasteiger partial charge >= 0.3 is 0 Å². The van der Waals surface area contributed by atoms with E-state index in [1.54, 1.807) is 7.05 Å². The zero-order chi connectivity index (χ0) is 5.70. The minimum atomic E-state index is 0.426. The fraction of sp³-hybridized carbons (Fsp3) is 0.333. The van der Waals surface area contributed by atoms with Crippen LogP contribution in [0, 0.1) is 7.11 Å². The molecule has 0 aromatic rings. The monoisotopic (exact) mass is 119 g/mol. The summed E-state index contributed by atoms with van der Waals surface area (Å²) in [6.07, 6.45) is 0. The Morgan fingerprint density at radius 1 is 1.86 bits per heavy atom. The minimum absolute atomic E-state index is 0.426. The van der Waals surface area contributed by atoms with E-state index in [0.29, 0.717) is 5.11 Å². The van der Waals surface area contributed by atoms with E-state index in [1.807, 2.05) is 0 Å². The fourth-order valence-electron chi connectivity index (χ4n) is 0.117. The predicted octanol–water partition coefficient (Wildman–Crippen LogP) is -0.197. The third kappa shape index (κ3) is 3.48. The van der Waals surface area contributed by atoms with Gasteiger partial charge in [-0.1, -0.05) is 0 Å². The summed E-state index contributed by atoms with van der Waals surface area (Å²) in [5.41, 5.74) is 2.30. The lowest BCUT2D eigenvalue weighted by Crippen LogP contribution is -2.30. The molecule has 0 amide bonds. The number of hydrogen-bond donors (Lipinski definition) is 2. The molecule has 0 aromatic carbocycles. The first-order chi connectivity index (χ1) is 3.31. The lowest BCUT2D eigenvalue weighted by atomic mass is 11.1. The van der Waals surface area contributed by atoms with Crippen molar-refractivity contribution in [3.63, 3.8) is 0 Å². The van der Waals surface area contributed by atoms with E-state index < -0.39 is 0 Å². The van der Waals surface area contributed by atoms with E-state index in [0.717, 1.165) is 0 Å². The second-order valence-corrected chi connectivity index (χ2v) is 1.23. The Labute approximate surface area is 48.0 Å². The Balaban J connectivity index is 3.00. The SMILES string of the molecule is [CH2]ONC(=S)NC. The van der Waals surface area contributed by atoms with E-state index in [9.17, 15) is 0 Å². The summed E-state index contributed by atoms with van der Waals surface area (Å²) in [5, 5.41) is 3.05. The summed E-state index contributed by atoms with van der Waals surface area (Å²) in [4.78, 5) is 4.19. The van der Waals surface area contributed by atoms with Crippen molar-refractivity contribution in [3.05, 3.63) is 7.11 Å². The van der Waals surface area contributed by atoms with Crippen molar-refractivity contribution >= 4 is 17.3 Å². The highest BCUT2D eigenvalue weighted by molar-refractivity contribution is 7.80. The molecular weight excluding hydrogens is 112 g/mol. The molecule has 0 aliphatic rings. The molecule has 0 saturated heterocycles. The zero-order valence-electron chi connectivity index (χ0n) is 4.02. The van der Waals surface area contributed by atoms with Crippen LogP contribution in [0.25, 0.3) is 0 Å². The van der Waals surface area contributed by atoms with Gasteiger partial charge in [-0.3, -0.25) is 4.84 Å². The van der Waals surface area contributed by atoms with Crippen LogP contribution in [-0.2, 0) is 4.84 Å². The van der Waals surface area contributed by atoms with Crippen LogP contribution in [0.1, 0.15) is 0 Å². The quantitative estimate of drug-likeness (QED) is 0.370. The number of hydroxylamine groups is 1. The third-order valence-corrected chi connectivity index (χ3v) is 0.679. The maximum Gasteiger partial charge on any atom is 0.190 e. The highest BCUT2D eigenvalue weighted by Gasteiger charge is 1.81. The van der Waals surface area contributed by atoms with E-state index in [-0.39, 0.29) is 0 Å². The summed E-state index contributed by atoms with van der Waals surface area (Å²) in [6, 6.07) is 0. The van der Waals surface area contributed by atoms with Gasteiger partial charge in [0.15, 0.2) is 5.11 Å². The molecule has 0 atom stereocenters. The van der Waals surface area contributed by atoms with Gasteiger partial charge < -0.3 is 5.32 Å². The van der Waals surface area contributed by atoms with Crippen molar-refractivity contribution in [2.24, 2.45) is 0 Å². The lowest BCUT2D eigenvalue weighted by molar-refractivity contribution is 0.186. The van der Waals surface area contributed by atoms with Gasteiger partial charge in [-0.25, -0.2) is 5.48 Å². The maximum atomic E-state index is 4.57. The van der Waals surface area contributed by atoms with Crippen LogP contribution in [0.5, 0.6) is 0 Å². The van der Waals surface area contributed by atoms with Gasteiger partial charge in [0.05, 0.1) is 0 Å². The Hall–Kier alpha value is -0.350. The van der Waals surface area contributed by atoms with Gasteiger partial charge in [0, 0.05) is 7.05 Å². The smallest absolute Gasteiger partial charge is 0.190 e. The minimum Gasteiger partial charge on any atom is -0.364 e. The first kappa shape index (κ1) is 6.65. The van der Waals surface area contributed by atoms with Gasteiger partial charge in [-0.05, 0) is 12.2 Å². The summed E-state index contributed by atoms with van der Waals surface area (Å²) in [5.74, 6) is 0. The van der Waals surface area contributed by atoms with Gasteiger partial charge in [-0.15, -0.1) is 0 Å². The molecule has 2 N–H and O–H groups in total. The van der Waals surface area contributed by atoms with Crippen LogP contribution in [0.4, 0.5) is 0 Å². The predicted molar refractivity (Wildman–Crippen MR) is 31.2 cm³/mol. The van der Waals surface area contributed by atoms with Gasteiger partial charge in [0.2, 0.25) is 0 Å². The molecule has 1 radical (unpaired) electrons. The van der Waals surface area contributed by atoms with E-state index in [4.69, 9.17) is 0 Å². The van der Waals surface area contributed by atoms with Crippen LogP contribution in [0.15, 0.2) is 0 Å². The fourth-order valence-corrected chi connectivity index (χ4v) is 0.176. The average Bonchev–Trinajstić information content (AvgIpc) is 1.68. The largest absolute Gasteiger partial charge is 0.364 e. The van der Waals surface area contributed by atoms with Crippen molar-refractivity contribution in [1.82, 2.24) is 10.8 Å². The number of rotatable bonds is 1. The Bertz CT molecular complexity index is 66.0. The van der Waals surface area contributed by atoms with Gasteiger partial charge in [0.25, 0.3) is 0 Å². The second kappa shape index (κ2) is 3.83. The molecule has 0 spiro atoms. The molecule has 4 heteroatoms. The van der Waals surface area contributed by atoms with Crippen LogP contribution in [0.2, 0.25) is 0 Å². The molecule has 0 aliphatic carbocycles. The normalized spacial score (nSPS) is 7.71. The number of hydrogen-bond acceptors (Lipinski definition) is 2. The first-order valence-electron chi connectivity index (χ1n) is 1.70. The summed E-state index contributed by atoms with van der Waals surface area (Å²) in [7, 11) is 4.72. The van der Waals surface area contributed by atoms with E-state index in [1.165, 1.54) is 0 Å². The Kier molecular flexibility index (Phi) is 3.64. The molecule has 0 saturated carbocycles. The molecule has 0 aromatic heterocycles. The molecule has 7 heavy (non-hydrogen) atoms. The summed E-state index contributed by atoms with van der Waals surface area (Å²) >= 11 is 4.57. The topological polar surface area (TPSA) is 33.3 Å². The molecule has 0 aliphatic heterocycles. The van der Waals surface area contributed by atoms with Crippen LogP contribution >= 0.6 is 12.2 Å². The Morgan fingerprint density at radius 3 is 2.57 bits per heavy atom. The standard InChI is InChI=1S/C3H7N2OS/c1-4-3(7)5-6-2/h2H2,1H3,(H2,4,5,7). The van der Waals surface area contributed by atoms with E-state index >= 15 is 0 Å². The number of nitrogens with one attached hydrogen (secondary N) is 2. The van der Waals surface area contributed by atoms with Crippen molar-refractivity contribution in [2.45, 2.75) is 0 Å². The van der Waals surface area contributed by atoms with Crippen molar-refractivity contribution < 1.29 is 4.84 Å². The highest BCUT2D eigenvalue weighted by atomic mass is 32.1. The van der Waals surface area contributed by atoms with Crippen LogP contribution in [0.3, 0.4) is 0 Å². The van der Waals surface area contributed by atoms with Crippen molar-refractivity contribution in [1.29, 1.82) is 0 Å². The molecule has 0 fully saturated rings. The summed E-state index contributed by atoms with van der Waals surface area (Å²) in [6.45, 7) is 0. The highest BCUT2D eigenvalue weighted by Crippen LogP contribution is 1.60. The summed E-state index contributed by atoms with van der Waals surface area (Å²) < 4.78 is 0. The Morgan fingerprint density at radius 2 is 2.43 bits per heavy atom. The second-order valence-electron chi connectivity index (χ2n) is 0.826. The maximum absolute atomic E-state index is 4.57. The van der Waals surface area contributed by atoms with Crippen LogP contribution in [-0.4, -0.2) is 12.2 Å². The molecule has 0 heterocycles. The molecule has 3 nitrogen and oxygen atoms in total. The number of thiocarbonyl (C=S) groups is 1. The third-order valence-electron chi connectivity index (χ3n) is 0.392. The van der Waals surface area contributed by atoms with Gasteiger partial charge in [0.1, 0.15) is 7.11 Å². The zero-order valence-corrected chi connectivity index (χ0v) is 4.84. The molecule has 0 unspecified atom stereocenters. The first-order valence-corrected chi connectivity index (χ1v) is 2.11. The molecular formula is C3H7N2OS. The van der Waals surface area contributed by atoms with Gasteiger partial charge in [-0.2, -0.15) is 0 Å². The molecule has 0 bridgehead atoms. The lowest BCUT2D eigenvalue weighted by Gasteiger charge is -2.00. The molecule has 0 rings (SSSR count). The molecule has 41 valence electrons. The van der Waals surface area contributed by atoms with Crippen LogP contribution < -0.4 is 10.8 Å². The van der Waals surface area contributed by atoms with E-state index in [2.05, 4.69) is 35.0 Å². The van der Waals surface area contributed by atoms with Crippen molar-refractivity contribution in [2.75, 3.05) is 7.05 Å². The van der Waals surface area contributed by atoms with Crippen molar-refractivity contribution in [3.8, 4) is 0 Å². The average molecular weight is 119 g/mol.